The van der Waals surface area contributed by atoms with Crippen LogP contribution in [0.5, 0.6) is 5.75 Å². The number of hydrogen-bond donors (Lipinski definition) is 0. The molecule has 0 amide bonds. The number of benzene rings is 1. The van der Waals surface area contributed by atoms with Crippen LogP contribution in [-0.2, 0) is 13.2 Å². The molecule has 0 aliphatic rings. The number of thioether (sulfide) groups is 1. The van der Waals surface area contributed by atoms with Crippen molar-refractivity contribution in [2.45, 2.75) is 18.3 Å². The zero-order valence-corrected chi connectivity index (χ0v) is 18.1. The van der Waals surface area contributed by atoms with Crippen molar-refractivity contribution < 1.29 is 9.53 Å². The molecule has 0 bridgehead atoms. The molecule has 2 aromatic heterocycles. The van der Waals surface area contributed by atoms with E-state index in [4.69, 9.17) is 16.3 Å². The van der Waals surface area contributed by atoms with Crippen molar-refractivity contribution in [1.29, 1.82) is 0 Å². The third-order valence-electron chi connectivity index (χ3n) is 3.47. The first-order chi connectivity index (χ1) is 13.1. The van der Waals surface area contributed by atoms with Gasteiger partial charge in [-0.2, -0.15) is 0 Å². The fraction of sp³-hybridized carbons (Fsp3) is 0.167. The van der Waals surface area contributed by atoms with Crippen molar-refractivity contribution in [3.63, 3.8) is 0 Å². The summed E-state index contributed by atoms with van der Waals surface area (Å²) in [5, 5.41) is 9.71. The number of thiophene rings is 1. The number of Topliss-reactive ketones (excluding diaryl/α,β-unsaturated/α-hetero) is 1. The molecule has 0 spiro atoms. The van der Waals surface area contributed by atoms with Gasteiger partial charge in [0, 0.05) is 11.6 Å². The van der Waals surface area contributed by atoms with Crippen molar-refractivity contribution in [2.24, 2.45) is 0 Å². The van der Waals surface area contributed by atoms with Crippen LogP contribution in [0.4, 0.5) is 0 Å². The molecule has 3 rings (SSSR count). The third-order valence-corrected chi connectivity index (χ3v) is 6.35. The maximum atomic E-state index is 12.3. The van der Waals surface area contributed by atoms with Crippen molar-refractivity contribution in [1.82, 2.24) is 14.8 Å². The molecule has 2 heterocycles. The number of allylic oxidation sites excluding steroid dienone is 1. The standard InChI is InChI=1S/C18H15BrClN3O2S2/c1-2-9-23-17(10-25-13-5-3-12(20)4-6-13)21-22-18(23)26-11-14(24)15-7-8-16(19)27-15/h2-8H,1,9-11H2. The van der Waals surface area contributed by atoms with E-state index in [2.05, 4.69) is 32.7 Å². The Morgan fingerprint density at radius 2 is 2.07 bits per heavy atom. The highest BCUT2D eigenvalue weighted by Crippen LogP contribution is 2.25. The lowest BCUT2D eigenvalue weighted by Crippen LogP contribution is -2.08. The normalized spacial score (nSPS) is 10.7. The number of ether oxygens (including phenoxy) is 1. The van der Waals surface area contributed by atoms with E-state index >= 15 is 0 Å². The van der Waals surface area contributed by atoms with Crippen molar-refractivity contribution in [2.75, 3.05) is 5.75 Å². The molecule has 0 N–H and O–H groups in total. The monoisotopic (exact) mass is 483 g/mol. The molecule has 27 heavy (non-hydrogen) atoms. The zero-order valence-electron chi connectivity index (χ0n) is 14.1. The summed E-state index contributed by atoms with van der Waals surface area (Å²) in [6.45, 7) is 4.57. The highest BCUT2D eigenvalue weighted by molar-refractivity contribution is 9.11. The van der Waals surface area contributed by atoms with Crippen LogP contribution < -0.4 is 4.74 Å². The Morgan fingerprint density at radius 1 is 1.30 bits per heavy atom. The van der Waals surface area contributed by atoms with E-state index in [0.717, 1.165) is 8.66 Å². The van der Waals surface area contributed by atoms with E-state index < -0.39 is 0 Å². The summed E-state index contributed by atoms with van der Waals surface area (Å²) >= 11 is 12.0. The molecule has 9 heteroatoms. The second-order valence-corrected chi connectivity index (χ2v) is 9.20. The van der Waals surface area contributed by atoms with Gasteiger partial charge in [-0.05, 0) is 52.3 Å². The predicted octanol–water partition coefficient (Wildman–Crippen LogP) is 5.50. The molecule has 0 unspecified atom stereocenters. The van der Waals surface area contributed by atoms with Crippen molar-refractivity contribution >= 4 is 56.4 Å². The van der Waals surface area contributed by atoms with Gasteiger partial charge in [-0.25, -0.2) is 0 Å². The van der Waals surface area contributed by atoms with Gasteiger partial charge in [-0.15, -0.1) is 28.1 Å². The van der Waals surface area contributed by atoms with Crippen LogP contribution in [0.25, 0.3) is 0 Å². The summed E-state index contributed by atoms with van der Waals surface area (Å²) in [6, 6.07) is 10.8. The summed E-state index contributed by atoms with van der Waals surface area (Å²) in [5.41, 5.74) is 0. The number of rotatable bonds is 9. The molecule has 0 saturated heterocycles. The van der Waals surface area contributed by atoms with E-state index in [1.54, 1.807) is 30.3 Å². The molecule has 140 valence electrons. The summed E-state index contributed by atoms with van der Waals surface area (Å²) < 4.78 is 8.58. The Kier molecular flexibility index (Phi) is 7.12. The van der Waals surface area contributed by atoms with E-state index in [9.17, 15) is 4.79 Å². The molecule has 5 nitrogen and oxygen atoms in total. The minimum absolute atomic E-state index is 0.0582. The fourth-order valence-electron chi connectivity index (χ4n) is 2.19. The maximum Gasteiger partial charge on any atom is 0.192 e. The Bertz CT molecular complexity index is 940. The van der Waals surface area contributed by atoms with E-state index in [1.807, 2.05) is 16.7 Å². The number of carbonyl (C=O) groups is 1. The maximum absolute atomic E-state index is 12.3. The minimum atomic E-state index is 0.0582. The third kappa shape index (κ3) is 5.44. The van der Waals surface area contributed by atoms with E-state index in [1.165, 1.54) is 23.1 Å². The molecular weight excluding hydrogens is 470 g/mol. The Labute approximate surface area is 178 Å². The molecule has 3 aromatic rings. The highest BCUT2D eigenvalue weighted by Gasteiger charge is 2.15. The molecule has 0 fully saturated rings. The predicted molar refractivity (Wildman–Crippen MR) is 113 cm³/mol. The molecule has 1 aromatic carbocycles. The van der Waals surface area contributed by atoms with E-state index in [0.29, 0.717) is 34.1 Å². The first kappa shape index (κ1) is 20.1. The lowest BCUT2D eigenvalue weighted by molar-refractivity contribution is 0.102. The fourth-order valence-corrected chi connectivity index (χ4v) is 4.58. The van der Waals surface area contributed by atoms with Gasteiger partial charge in [0.15, 0.2) is 16.8 Å². The number of hydrogen-bond acceptors (Lipinski definition) is 6. The molecule has 0 aliphatic carbocycles. The number of halogens is 2. The molecular formula is C18H15BrClN3O2S2. The minimum Gasteiger partial charge on any atom is -0.486 e. The van der Waals surface area contributed by atoms with Crippen LogP contribution in [0.2, 0.25) is 5.02 Å². The Balaban J connectivity index is 1.66. The van der Waals surface area contributed by atoms with Crippen LogP contribution in [-0.4, -0.2) is 26.3 Å². The molecule has 0 saturated carbocycles. The quantitative estimate of drug-likeness (QED) is 0.228. The second kappa shape index (κ2) is 9.54. The van der Waals surface area contributed by atoms with Crippen LogP contribution in [0, 0.1) is 0 Å². The van der Waals surface area contributed by atoms with E-state index in [-0.39, 0.29) is 12.4 Å². The Morgan fingerprint density at radius 3 is 2.74 bits per heavy atom. The van der Waals surface area contributed by atoms with Gasteiger partial charge in [0.2, 0.25) is 0 Å². The van der Waals surface area contributed by atoms with Gasteiger partial charge in [0.1, 0.15) is 12.4 Å². The van der Waals surface area contributed by atoms with Crippen LogP contribution >= 0.6 is 50.6 Å². The number of carbonyl (C=O) groups excluding carboxylic acids is 1. The van der Waals surface area contributed by atoms with Gasteiger partial charge in [-0.3, -0.25) is 9.36 Å². The topological polar surface area (TPSA) is 57.0 Å². The lowest BCUT2D eigenvalue weighted by Gasteiger charge is -2.09. The first-order valence-corrected chi connectivity index (χ1v) is 10.9. The van der Waals surface area contributed by atoms with Gasteiger partial charge in [0.05, 0.1) is 14.4 Å². The van der Waals surface area contributed by atoms with Gasteiger partial charge in [0.25, 0.3) is 0 Å². The smallest absolute Gasteiger partial charge is 0.192 e. The van der Waals surface area contributed by atoms with Gasteiger partial charge < -0.3 is 4.74 Å². The average Bonchev–Trinajstić information content (AvgIpc) is 3.26. The highest BCUT2D eigenvalue weighted by atomic mass is 79.9. The first-order valence-electron chi connectivity index (χ1n) is 7.89. The summed E-state index contributed by atoms with van der Waals surface area (Å²) in [6.07, 6.45) is 1.76. The molecule has 0 radical (unpaired) electrons. The summed E-state index contributed by atoms with van der Waals surface area (Å²) in [7, 11) is 0. The molecule has 0 aliphatic heterocycles. The summed E-state index contributed by atoms with van der Waals surface area (Å²) in [4.78, 5) is 13.0. The van der Waals surface area contributed by atoms with Crippen LogP contribution in [0.15, 0.2) is 58.0 Å². The number of nitrogens with zero attached hydrogens (tertiary/aromatic N) is 3. The zero-order chi connectivity index (χ0) is 19.2. The van der Waals surface area contributed by atoms with Gasteiger partial charge >= 0.3 is 0 Å². The average molecular weight is 485 g/mol. The SMILES string of the molecule is C=CCn1c(COc2ccc(Cl)cc2)nnc1SCC(=O)c1ccc(Br)s1. The second-order valence-electron chi connectivity index (χ2n) is 5.36. The van der Waals surface area contributed by atoms with Gasteiger partial charge in [-0.1, -0.05) is 29.4 Å². The lowest BCUT2D eigenvalue weighted by atomic mass is 10.3. The van der Waals surface area contributed by atoms with Crippen LogP contribution in [0.1, 0.15) is 15.5 Å². The largest absolute Gasteiger partial charge is 0.486 e. The Hall–Kier alpha value is -1.61. The number of aromatic nitrogens is 3. The number of ketones is 1. The molecule has 0 atom stereocenters. The summed E-state index contributed by atoms with van der Waals surface area (Å²) in [5.74, 6) is 1.71. The van der Waals surface area contributed by atoms with Crippen LogP contribution in [0.3, 0.4) is 0 Å². The van der Waals surface area contributed by atoms with Crippen molar-refractivity contribution in [3.8, 4) is 5.75 Å². The van der Waals surface area contributed by atoms with Crippen molar-refractivity contribution in [3.05, 3.63) is 68.6 Å².